The molecule has 0 aliphatic rings. The second-order valence-electron chi connectivity index (χ2n) is 0. The topological polar surface area (TPSA) is 110 Å². The zero-order valence-electron chi connectivity index (χ0n) is 4.13. The van der Waals surface area contributed by atoms with Gasteiger partial charge < -0.3 is 69.4 Å². The minimum absolute atomic E-state index is 0. The van der Waals surface area contributed by atoms with Gasteiger partial charge in [0.05, 0.1) is 0 Å². The molecule has 0 fully saturated rings. The van der Waals surface area contributed by atoms with Crippen molar-refractivity contribution in [3.8, 4) is 0 Å². The minimum Gasteiger partial charge on any atom is -1.00 e. The van der Waals surface area contributed by atoms with Gasteiger partial charge in [-0.3, -0.25) is 0 Å². The van der Waals surface area contributed by atoms with Crippen LogP contribution < -0.4 is 69.4 Å². The maximum absolute atomic E-state index is 0. The van der Waals surface area contributed by atoms with Crippen LogP contribution in [0.25, 0.3) is 0 Å². The summed E-state index contributed by atoms with van der Waals surface area (Å²) < 4.78 is 0. The van der Waals surface area contributed by atoms with E-state index >= 15 is 0 Å². The largest absolute Gasteiger partial charge is 1.00 e. The van der Waals surface area contributed by atoms with Crippen LogP contribution in [-0.4, -0.2) is 0 Å². The van der Waals surface area contributed by atoms with Gasteiger partial charge in [0, 0.05) is 0 Å². The molecule has 0 atom stereocenters. The zero-order valence-corrected chi connectivity index (χ0v) is 8.89. The summed E-state index contributed by atoms with van der Waals surface area (Å²) in [6.45, 7) is 0. The Morgan fingerprint density at radius 3 is 0.333 bits per heavy atom. The molecule has 0 heterocycles. The predicted octanol–water partition coefficient (Wildman–Crippen LogP) is -7.86. The standard InChI is InChI=1S/3BrH.3H3N/h3*1H;3*1H3. The molecule has 6 heavy (non-hydrogen) atoms. The highest BCUT2D eigenvalue weighted by Gasteiger charge is -0.367. The molecule has 0 aliphatic heterocycles. The van der Waals surface area contributed by atoms with Crippen LogP contribution in [0.1, 0.15) is 0 Å². The smallest absolute Gasteiger partial charge is 0.369 e. The highest BCUT2D eigenvalue weighted by molar-refractivity contribution is 2.14. The molecule has 0 spiro atoms. The van der Waals surface area contributed by atoms with Crippen LogP contribution >= 0.6 is 0 Å². The van der Waals surface area contributed by atoms with Crippen molar-refractivity contribution in [1.82, 2.24) is 18.5 Å². The van der Waals surface area contributed by atoms with Crippen molar-refractivity contribution in [3.05, 3.63) is 0 Å². The Balaban J connectivity index is 0. The molecule has 0 saturated carbocycles. The lowest BCUT2D eigenvalue weighted by atomic mass is 14.0. The monoisotopic (exact) mass is 291 g/mol. The fraction of sp³-hybridized carbons (Fsp3) is 0. The molecule has 0 aliphatic carbocycles. The van der Waals surface area contributed by atoms with Gasteiger partial charge in [-0.05, 0) is 0 Å². The molecular weight excluding hydrogens is 282 g/mol. The number of rotatable bonds is 0. The molecule has 0 aromatic rings. The van der Waals surface area contributed by atoms with Crippen LogP contribution in [0.15, 0.2) is 0 Å². The van der Waals surface area contributed by atoms with Crippen LogP contribution in [0.2, 0.25) is 0 Å². The first kappa shape index (κ1) is 168. The molecule has 0 unspecified atom stereocenters. The van der Waals surface area contributed by atoms with Crippen molar-refractivity contribution in [2.45, 2.75) is 0 Å². The Labute approximate surface area is 69.3 Å². The number of hydrogen-bond acceptors (Lipinski definition) is 0. The van der Waals surface area contributed by atoms with E-state index in [4.69, 9.17) is 0 Å². The van der Waals surface area contributed by atoms with Crippen LogP contribution in [0, 0.1) is 0 Å². The first-order valence-corrected chi connectivity index (χ1v) is 0. The van der Waals surface area contributed by atoms with Gasteiger partial charge in [-0.25, -0.2) is 0 Å². The van der Waals surface area contributed by atoms with Gasteiger partial charge in [0.15, 0.2) is 0 Å². The third kappa shape index (κ3) is 57.0. The summed E-state index contributed by atoms with van der Waals surface area (Å²) in [7, 11) is 0. The molecule has 0 rings (SSSR count). The van der Waals surface area contributed by atoms with Gasteiger partial charge >= 0.3 is 0 Å². The summed E-state index contributed by atoms with van der Waals surface area (Å²) in [6.07, 6.45) is 0. The van der Waals surface area contributed by atoms with Crippen LogP contribution in [-0.2, 0) is 0 Å². The molecule has 0 amide bonds. The van der Waals surface area contributed by atoms with E-state index in [0.717, 1.165) is 0 Å². The fourth-order valence-corrected chi connectivity index (χ4v) is 0. The van der Waals surface area contributed by atoms with Crippen LogP contribution in [0.3, 0.4) is 0 Å². The lowest BCUT2D eigenvalue weighted by Crippen LogP contribution is -3.00. The molecule has 12 N–H and O–H groups in total. The van der Waals surface area contributed by atoms with Gasteiger partial charge in [0.25, 0.3) is 0 Å². The molecule has 3 nitrogen and oxygen atoms in total. The number of quaternary nitrogens is 3. The highest BCUT2D eigenvalue weighted by atomic mass is 79.9. The van der Waals surface area contributed by atoms with E-state index < -0.39 is 0 Å². The van der Waals surface area contributed by atoms with Crippen molar-refractivity contribution in [2.75, 3.05) is 0 Å². The average Bonchev–Trinajstić information content (AvgIpc) is 0. The molecular formula is H12Br3N3. The molecule has 0 bridgehead atoms. The van der Waals surface area contributed by atoms with E-state index in [9.17, 15) is 0 Å². The number of halogens is 3. The fourth-order valence-electron chi connectivity index (χ4n) is 0. The first-order chi connectivity index (χ1) is 0. The Morgan fingerprint density at radius 1 is 0.333 bits per heavy atom. The maximum Gasteiger partial charge on any atom is -0.369 e. The SMILES string of the molecule is [Br-].[Br-].[Br-].[NH4+].[NH4+].[NH4+]. The van der Waals surface area contributed by atoms with Crippen molar-refractivity contribution >= 4 is 0 Å². The van der Waals surface area contributed by atoms with E-state index in [1.54, 1.807) is 0 Å². The third-order valence-corrected chi connectivity index (χ3v) is 0. The van der Waals surface area contributed by atoms with Gasteiger partial charge in [-0.1, -0.05) is 0 Å². The summed E-state index contributed by atoms with van der Waals surface area (Å²) >= 11 is 0. The molecule has 0 saturated heterocycles. The number of hydrogen-bond donors (Lipinski definition) is 3. The van der Waals surface area contributed by atoms with E-state index in [1.807, 2.05) is 0 Å². The summed E-state index contributed by atoms with van der Waals surface area (Å²) in [5, 5.41) is 0. The quantitative estimate of drug-likeness (QED) is 0.394. The van der Waals surface area contributed by atoms with Gasteiger partial charge in [-0.2, -0.15) is 0 Å². The lowest BCUT2D eigenvalue weighted by Gasteiger charge is -1.00. The highest BCUT2D eigenvalue weighted by Crippen LogP contribution is -0.479. The minimum atomic E-state index is 0. The van der Waals surface area contributed by atoms with Crippen LogP contribution in [0.5, 0.6) is 0 Å². The van der Waals surface area contributed by atoms with Gasteiger partial charge in [-0.15, -0.1) is 0 Å². The Bertz CT molecular complexity index is 6.00. The van der Waals surface area contributed by atoms with E-state index in [0.29, 0.717) is 0 Å². The van der Waals surface area contributed by atoms with E-state index in [2.05, 4.69) is 0 Å². The summed E-state index contributed by atoms with van der Waals surface area (Å²) in [5.74, 6) is 0. The molecule has 6 heteroatoms. The Morgan fingerprint density at radius 2 is 0.333 bits per heavy atom. The predicted molar refractivity (Wildman–Crippen MR) is 18.0 cm³/mol. The third-order valence-electron chi connectivity index (χ3n) is 0. The van der Waals surface area contributed by atoms with E-state index in [1.165, 1.54) is 0 Å². The van der Waals surface area contributed by atoms with Crippen molar-refractivity contribution in [1.29, 1.82) is 0 Å². The molecule has 0 radical (unpaired) electrons. The average molecular weight is 294 g/mol. The molecule has 0 aromatic carbocycles. The zero-order chi connectivity index (χ0) is 0. The Kier molecular flexibility index (Phi) is 2870. The molecule has 48 valence electrons. The lowest BCUT2D eigenvalue weighted by molar-refractivity contribution is -0.00100. The van der Waals surface area contributed by atoms with Gasteiger partial charge in [0.2, 0.25) is 0 Å². The second kappa shape index (κ2) is 103. The van der Waals surface area contributed by atoms with Crippen LogP contribution in [0.4, 0.5) is 0 Å². The Hall–Kier alpha value is 1.32. The normalized spacial score (nSPS) is 0. The van der Waals surface area contributed by atoms with Crippen molar-refractivity contribution in [2.24, 2.45) is 0 Å². The summed E-state index contributed by atoms with van der Waals surface area (Å²) in [6, 6.07) is 0. The summed E-state index contributed by atoms with van der Waals surface area (Å²) in [5.41, 5.74) is 0. The first-order valence-electron chi connectivity index (χ1n) is 0. The second-order valence-corrected chi connectivity index (χ2v) is 0. The maximum atomic E-state index is 0. The molecule has 0 aromatic heterocycles. The van der Waals surface area contributed by atoms with Crippen molar-refractivity contribution in [3.63, 3.8) is 0 Å². The van der Waals surface area contributed by atoms with E-state index in [-0.39, 0.29) is 69.4 Å². The summed E-state index contributed by atoms with van der Waals surface area (Å²) in [4.78, 5) is 0. The van der Waals surface area contributed by atoms with Gasteiger partial charge in [0.1, 0.15) is 0 Å². The van der Waals surface area contributed by atoms with Crippen molar-refractivity contribution < 1.29 is 50.9 Å².